The monoisotopic (exact) mass is 451 g/mol. The van der Waals surface area contributed by atoms with Gasteiger partial charge >= 0.3 is 5.97 Å². The first-order valence-corrected chi connectivity index (χ1v) is 11.5. The van der Waals surface area contributed by atoms with E-state index in [9.17, 15) is 20.4 Å². The van der Waals surface area contributed by atoms with Gasteiger partial charge in [0.2, 0.25) is 0 Å². The van der Waals surface area contributed by atoms with E-state index >= 15 is 0 Å². The largest absolute Gasteiger partial charge is 0.618 e. The molecule has 2 heterocycles. The number of esters is 1. The molecule has 1 fully saturated rings. The smallest absolute Gasteiger partial charge is 0.311 e. The van der Waals surface area contributed by atoms with E-state index in [0.29, 0.717) is 48.5 Å². The average Bonchev–Trinajstić information content (AvgIpc) is 2.67. The summed E-state index contributed by atoms with van der Waals surface area (Å²) in [5, 5.41) is 37.3. The number of carbonyl (C=O) groups is 1. The maximum Gasteiger partial charge on any atom is 0.311 e. The van der Waals surface area contributed by atoms with E-state index in [1.807, 2.05) is 48.5 Å². The van der Waals surface area contributed by atoms with Crippen LogP contribution in [0.25, 0.3) is 0 Å². The number of hydroxylamine groups is 2. The Labute approximate surface area is 192 Å². The molecule has 1 atom stereocenters. The lowest BCUT2D eigenvalue weighted by Crippen LogP contribution is -2.61. The van der Waals surface area contributed by atoms with Crippen LogP contribution in [0.15, 0.2) is 0 Å². The molecule has 0 bridgehead atoms. The Bertz CT molecular complexity index is 832. The number of rotatable bonds is 6. The number of aromatic nitrogens is 2. The van der Waals surface area contributed by atoms with Gasteiger partial charge in [0.15, 0.2) is 0 Å². The van der Waals surface area contributed by atoms with E-state index in [2.05, 4.69) is 0 Å². The maximum absolute atomic E-state index is 13.2. The van der Waals surface area contributed by atoms with Crippen LogP contribution in [0.4, 0.5) is 0 Å². The first-order valence-electron chi connectivity index (χ1n) is 11.5. The summed E-state index contributed by atoms with van der Waals surface area (Å²) in [6.45, 7) is 18.3. The Hall–Kier alpha value is -1.93. The Kier molecular flexibility index (Phi) is 7.22. The Balaban J connectivity index is 2.26. The van der Waals surface area contributed by atoms with Gasteiger partial charge in [0.1, 0.15) is 6.10 Å². The zero-order valence-corrected chi connectivity index (χ0v) is 21.4. The summed E-state index contributed by atoms with van der Waals surface area (Å²) in [4.78, 5) is 13.2. The highest BCUT2D eigenvalue weighted by Crippen LogP contribution is 2.40. The predicted octanol–water partition coefficient (Wildman–Crippen LogP) is 3.74. The standard InChI is InChI=1S/C24H41N3O5/c1-11-18(20-17(4)25(29)15(2)16(3)26(20)30)12-22(5,6)21(28)32-19-13-23(7,8)27(31)24(9,10)14-19/h18-19,31H,11-14H2,1-10H3. The van der Waals surface area contributed by atoms with Gasteiger partial charge in [0.05, 0.1) is 11.3 Å². The van der Waals surface area contributed by atoms with E-state index in [-0.39, 0.29) is 18.0 Å². The minimum absolute atomic E-state index is 0.262. The summed E-state index contributed by atoms with van der Waals surface area (Å²) in [6.07, 6.45) is 1.75. The molecule has 0 amide bonds. The van der Waals surface area contributed by atoms with Crippen LogP contribution in [0.1, 0.15) is 103 Å². The van der Waals surface area contributed by atoms with Gasteiger partial charge in [-0.2, -0.15) is 14.5 Å². The molecular weight excluding hydrogens is 410 g/mol. The summed E-state index contributed by atoms with van der Waals surface area (Å²) in [5.74, 6) is -0.588. The molecule has 2 rings (SSSR count). The molecule has 0 saturated carbocycles. The Morgan fingerprint density at radius 1 is 1.09 bits per heavy atom. The van der Waals surface area contributed by atoms with Crippen molar-refractivity contribution in [2.75, 3.05) is 0 Å². The van der Waals surface area contributed by atoms with Crippen LogP contribution in [0.5, 0.6) is 0 Å². The predicted molar refractivity (Wildman–Crippen MR) is 121 cm³/mol. The quantitative estimate of drug-likeness (QED) is 0.401. The summed E-state index contributed by atoms with van der Waals surface area (Å²) in [7, 11) is 0. The van der Waals surface area contributed by atoms with Gasteiger partial charge in [-0.05, 0) is 54.4 Å². The fourth-order valence-corrected chi connectivity index (χ4v) is 5.15. The van der Waals surface area contributed by atoms with Gasteiger partial charge in [-0.3, -0.25) is 4.79 Å². The van der Waals surface area contributed by atoms with Gasteiger partial charge in [-0.15, -0.1) is 0 Å². The van der Waals surface area contributed by atoms with Crippen LogP contribution in [0.2, 0.25) is 0 Å². The Morgan fingerprint density at radius 2 is 1.56 bits per heavy atom. The van der Waals surface area contributed by atoms with Crippen LogP contribution in [-0.4, -0.2) is 33.4 Å². The fraction of sp³-hybridized carbons (Fsp3) is 0.792. The molecule has 0 spiro atoms. The molecule has 0 aliphatic carbocycles. The molecule has 1 aliphatic heterocycles. The molecule has 0 aromatic carbocycles. The number of carbonyl (C=O) groups excluding carboxylic acids is 1. The van der Waals surface area contributed by atoms with Crippen LogP contribution in [0, 0.1) is 36.6 Å². The molecule has 1 N–H and O–H groups in total. The number of hydrogen-bond donors (Lipinski definition) is 1. The molecular formula is C24H41N3O5. The van der Waals surface area contributed by atoms with E-state index < -0.39 is 16.5 Å². The van der Waals surface area contributed by atoms with Crippen LogP contribution in [-0.2, 0) is 9.53 Å². The number of ether oxygens (including phenoxy) is 1. The maximum atomic E-state index is 13.2. The molecule has 1 aliphatic rings. The van der Waals surface area contributed by atoms with Crippen LogP contribution in [0.3, 0.4) is 0 Å². The summed E-state index contributed by atoms with van der Waals surface area (Å²) in [5.41, 5.74) is -0.336. The van der Waals surface area contributed by atoms with Crippen molar-refractivity contribution in [1.29, 1.82) is 0 Å². The number of hydrogen-bond acceptors (Lipinski definition) is 6. The van der Waals surface area contributed by atoms with Crippen molar-refractivity contribution in [3.05, 3.63) is 33.2 Å². The lowest BCUT2D eigenvalue weighted by Gasteiger charge is -2.51. The molecule has 0 radical (unpaired) electrons. The second-order valence-electron chi connectivity index (χ2n) is 11.3. The van der Waals surface area contributed by atoms with E-state index in [0.717, 1.165) is 9.46 Å². The van der Waals surface area contributed by atoms with Gasteiger partial charge in [0.25, 0.3) is 22.8 Å². The fourth-order valence-electron chi connectivity index (χ4n) is 5.15. The Morgan fingerprint density at radius 3 is 2.03 bits per heavy atom. The topological polar surface area (TPSA) is 104 Å². The zero-order valence-electron chi connectivity index (χ0n) is 21.4. The second-order valence-corrected chi connectivity index (χ2v) is 11.3. The van der Waals surface area contributed by atoms with Crippen LogP contribution < -0.4 is 9.46 Å². The van der Waals surface area contributed by atoms with E-state index in [4.69, 9.17) is 4.74 Å². The third-order valence-corrected chi connectivity index (χ3v) is 7.09. The van der Waals surface area contributed by atoms with Crippen molar-refractivity contribution >= 4 is 5.97 Å². The van der Waals surface area contributed by atoms with E-state index in [1.54, 1.807) is 20.8 Å². The molecule has 32 heavy (non-hydrogen) atoms. The normalized spacial score (nSPS) is 20.2. The summed E-state index contributed by atoms with van der Waals surface area (Å²) in [6, 6.07) is 0. The van der Waals surface area contributed by atoms with Crippen molar-refractivity contribution in [3.63, 3.8) is 0 Å². The van der Waals surface area contributed by atoms with E-state index in [1.165, 1.54) is 5.06 Å². The molecule has 8 nitrogen and oxygen atoms in total. The number of nitrogens with zero attached hydrogens (tertiary/aromatic N) is 3. The van der Waals surface area contributed by atoms with Crippen molar-refractivity contribution in [2.45, 2.75) is 118 Å². The first kappa shape index (κ1) is 26.3. The highest BCUT2D eigenvalue weighted by molar-refractivity contribution is 5.76. The third kappa shape index (κ3) is 4.86. The highest BCUT2D eigenvalue weighted by Gasteiger charge is 2.47. The van der Waals surface area contributed by atoms with Crippen LogP contribution >= 0.6 is 0 Å². The molecule has 1 aromatic heterocycles. The van der Waals surface area contributed by atoms with Gasteiger partial charge < -0.3 is 20.4 Å². The summed E-state index contributed by atoms with van der Waals surface area (Å²) >= 11 is 0. The number of piperidine rings is 1. The van der Waals surface area contributed by atoms with Crippen molar-refractivity contribution < 1.29 is 24.2 Å². The second kappa shape index (κ2) is 8.78. The highest BCUT2D eigenvalue weighted by atomic mass is 16.6. The third-order valence-electron chi connectivity index (χ3n) is 7.09. The van der Waals surface area contributed by atoms with Gasteiger partial charge in [0, 0.05) is 44.7 Å². The molecule has 8 heteroatoms. The molecule has 182 valence electrons. The van der Waals surface area contributed by atoms with Crippen molar-refractivity contribution in [1.82, 2.24) is 5.06 Å². The first-order chi connectivity index (χ1) is 14.5. The SMILES string of the molecule is CCC(CC(C)(C)C(=O)OC1CC(C)(C)N(O)C(C)(C)C1)c1c(C)[n+]([O-])c(C)c(C)[n+]1[O-]. The van der Waals surface area contributed by atoms with Gasteiger partial charge in [-0.1, -0.05) is 6.92 Å². The minimum Gasteiger partial charge on any atom is -0.618 e. The lowest BCUT2D eigenvalue weighted by atomic mass is 9.78. The minimum atomic E-state index is -0.850. The average molecular weight is 452 g/mol. The summed E-state index contributed by atoms with van der Waals surface area (Å²) < 4.78 is 7.60. The van der Waals surface area contributed by atoms with Crippen molar-refractivity contribution in [2.24, 2.45) is 5.41 Å². The molecule has 1 unspecified atom stereocenters. The molecule has 1 saturated heterocycles. The van der Waals surface area contributed by atoms with Crippen molar-refractivity contribution in [3.8, 4) is 0 Å². The molecule has 1 aromatic rings. The van der Waals surface area contributed by atoms with Gasteiger partial charge in [-0.25, -0.2) is 0 Å². The zero-order chi connectivity index (χ0) is 24.8. The lowest BCUT2D eigenvalue weighted by molar-refractivity contribution is -0.685.